The first-order valence-electron chi connectivity index (χ1n) is 9.46. The highest BCUT2D eigenvalue weighted by atomic mass is 19.4. The lowest BCUT2D eigenvalue weighted by Crippen LogP contribution is -2.76. The van der Waals surface area contributed by atoms with Crippen LogP contribution in [0.5, 0.6) is 0 Å². The quantitative estimate of drug-likeness (QED) is 0.531. The third-order valence-electron chi connectivity index (χ3n) is 7.03. The predicted molar refractivity (Wildman–Crippen MR) is 86.6 cm³/mol. The van der Waals surface area contributed by atoms with Crippen molar-refractivity contribution in [1.82, 2.24) is 0 Å². The number of alkyl halides is 3. The van der Waals surface area contributed by atoms with Gasteiger partial charge in [0.15, 0.2) is 11.9 Å². The van der Waals surface area contributed by atoms with Crippen LogP contribution >= 0.6 is 0 Å². The van der Waals surface area contributed by atoms with E-state index in [4.69, 9.17) is 30.4 Å². The van der Waals surface area contributed by atoms with Gasteiger partial charge < -0.3 is 14.2 Å². The van der Waals surface area contributed by atoms with Crippen molar-refractivity contribution in [2.75, 3.05) is 6.61 Å². The Morgan fingerprint density at radius 3 is 2.52 bits per heavy atom. The molecule has 0 aromatic carbocycles. The topological polar surface area (TPSA) is 46.2 Å². The maximum Gasteiger partial charge on any atom is 0.443 e. The maximum atomic E-state index is 14.2. The number of fused-ring (bicyclic) bond motifs is 2. The summed E-state index contributed by atoms with van der Waals surface area (Å²) in [5, 5.41) is 0. The molecule has 5 nitrogen and oxygen atoms in total. The first-order valence-corrected chi connectivity index (χ1v) is 9.46. The molecule has 1 saturated carbocycles. The van der Waals surface area contributed by atoms with Gasteiger partial charge in [-0.05, 0) is 38.0 Å². The van der Waals surface area contributed by atoms with Crippen LogP contribution in [0.4, 0.5) is 13.2 Å². The van der Waals surface area contributed by atoms with E-state index >= 15 is 0 Å². The van der Waals surface area contributed by atoms with E-state index in [2.05, 4.69) is 12.8 Å². The number of halogens is 3. The highest BCUT2D eigenvalue weighted by molar-refractivity contribution is 5.12. The first kappa shape index (κ1) is 19.5. The number of hydrogen-bond acceptors (Lipinski definition) is 5. The van der Waals surface area contributed by atoms with E-state index in [1.807, 2.05) is 0 Å². The summed E-state index contributed by atoms with van der Waals surface area (Å²) in [5.41, 5.74) is -1.08. The van der Waals surface area contributed by atoms with Crippen molar-refractivity contribution in [3.8, 4) is 12.3 Å². The Balaban J connectivity index is 1.83. The molecule has 4 saturated heterocycles. The molecule has 2 bridgehead atoms. The minimum absolute atomic E-state index is 0.0214. The summed E-state index contributed by atoms with van der Waals surface area (Å²) >= 11 is 0. The van der Waals surface area contributed by atoms with Crippen LogP contribution in [0.3, 0.4) is 0 Å². The minimum Gasteiger partial charge on any atom is -0.329 e. The van der Waals surface area contributed by atoms with Gasteiger partial charge in [-0.2, -0.15) is 13.2 Å². The number of ether oxygens (including phenoxy) is 3. The van der Waals surface area contributed by atoms with Crippen LogP contribution in [0, 0.1) is 36.0 Å². The zero-order valence-electron chi connectivity index (χ0n) is 15.7. The zero-order valence-corrected chi connectivity index (χ0v) is 15.7. The van der Waals surface area contributed by atoms with Crippen LogP contribution in [0.2, 0.25) is 0 Å². The summed E-state index contributed by atoms with van der Waals surface area (Å²) in [5.74, 6) is -3.16. The molecule has 0 amide bonds. The monoisotopic (exact) mass is 390 g/mol. The van der Waals surface area contributed by atoms with Crippen LogP contribution in [-0.2, 0) is 24.0 Å². The van der Waals surface area contributed by atoms with Gasteiger partial charge in [-0.1, -0.05) is 19.8 Å². The minimum atomic E-state index is -4.78. The third-order valence-corrected chi connectivity index (χ3v) is 7.03. The van der Waals surface area contributed by atoms with Crippen molar-refractivity contribution < 1.29 is 37.2 Å². The molecule has 0 aromatic rings. The molecule has 8 atom stereocenters. The van der Waals surface area contributed by atoms with E-state index < -0.39 is 48.1 Å². The number of rotatable bonds is 2. The average Bonchev–Trinajstić information content (AvgIpc) is 2.82. The number of terminal acetylenes is 1. The molecule has 152 valence electrons. The van der Waals surface area contributed by atoms with E-state index in [1.54, 1.807) is 6.92 Å². The lowest BCUT2D eigenvalue weighted by Gasteiger charge is -2.62. The molecule has 5 aliphatic rings. The zero-order chi connectivity index (χ0) is 19.7. The fourth-order valence-electron chi connectivity index (χ4n) is 5.64. The van der Waals surface area contributed by atoms with Crippen molar-refractivity contribution in [2.45, 2.75) is 76.1 Å². The van der Waals surface area contributed by atoms with Gasteiger partial charge in [-0.15, -0.1) is 6.42 Å². The fourth-order valence-corrected chi connectivity index (χ4v) is 5.64. The molecule has 4 aliphatic heterocycles. The Hall–Kier alpha value is -0.850. The molecular formula is C19H25F3O5. The Labute approximate surface area is 156 Å². The summed E-state index contributed by atoms with van der Waals surface area (Å²) in [4.78, 5) is 11.5. The average molecular weight is 390 g/mol. The van der Waals surface area contributed by atoms with Gasteiger partial charge in [0.1, 0.15) is 6.61 Å². The molecule has 4 heterocycles. The summed E-state index contributed by atoms with van der Waals surface area (Å²) in [6.45, 7) is 4.75. The molecule has 1 aliphatic carbocycles. The van der Waals surface area contributed by atoms with Gasteiger partial charge in [-0.3, -0.25) is 0 Å². The largest absolute Gasteiger partial charge is 0.443 e. The van der Waals surface area contributed by atoms with Crippen LogP contribution in [0.25, 0.3) is 0 Å². The van der Waals surface area contributed by atoms with E-state index in [9.17, 15) is 13.2 Å². The Bertz CT molecular complexity index is 648. The molecule has 27 heavy (non-hydrogen) atoms. The van der Waals surface area contributed by atoms with Gasteiger partial charge in [0.05, 0.1) is 0 Å². The van der Waals surface area contributed by atoms with Crippen LogP contribution in [0.15, 0.2) is 0 Å². The SMILES string of the molecule is C#CCO[C@@]1(C(F)(F)F)O[C@@H]2OC3(C)CC[C@H]4[C@H](C)CC[C@@H]([C@H]1C)[C@@]24OO3. The molecular weight excluding hydrogens is 365 g/mol. The van der Waals surface area contributed by atoms with Gasteiger partial charge >= 0.3 is 6.18 Å². The van der Waals surface area contributed by atoms with E-state index in [0.717, 1.165) is 12.8 Å². The predicted octanol–water partition coefficient (Wildman–Crippen LogP) is 3.78. The van der Waals surface area contributed by atoms with Gasteiger partial charge in [0, 0.05) is 18.3 Å². The van der Waals surface area contributed by atoms with Gasteiger partial charge in [-0.25, -0.2) is 9.78 Å². The van der Waals surface area contributed by atoms with Gasteiger partial charge in [0.25, 0.3) is 5.79 Å². The molecule has 0 radical (unpaired) electrons. The van der Waals surface area contributed by atoms with E-state index in [-0.39, 0.29) is 11.8 Å². The summed E-state index contributed by atoms with van der Waals surface area (Å²) in [6, 6.07) is 0. The second kappa shape index (κ2) is 6.07. The Morgan fingerprint density at radius 1 is 1.11 bits per heavy atom. The number of hydrogen-bond donors (Lipinski definition) is 0. The normalized spacial score (nSPS) is 52.0. The van der Waals surface area contributed by atoms with Crippen molar-refractivity contribution in [1.29, 1.82) is 0 Å². The second-order valence-electron chi connectivity index (χ2n) is 8.47. The van der Waals surface area contributed by atoms with E-state index in [0.29, 0.717) is 12.8 Å². The first-order chi connectivity index (χ1) is 12.6. The summed E-state index contributed by atoms with van der Waals surface area (Å²) in [6.07, 6.45) is 1.76. The fraction of sp³-hybridized carbons (Fsp3) is 0.895. The van der Waals surface area contributed by atoms with Crippen molar-refractivity contribution >= 4 is 0 Å². The smallest absolute Gasteiger partial charge is 0.329 e. The van der Waals surface area contributed by atoms with Crippen LogP contribution in [0.1, 0.15) is 46.5 Å². The lowest BCUT2D eigenvalue weighted by molar-refractivity contribution is -0.598. The van der Waals surface area contributed by atoms with Crippen molar-refractivity contribution in [3.63, 3.8) is 0 Å². The Morgan fingerprint density at radius 2 is 1.85 bits per heavy atom. The molecule has 8 heteroatoms. The molecule has 0 N–H and O–H groups in total. The maximum absolute atomic E-state index is 14.2. The van der Waals surface area contributed by atoms with Gasteiger partial charge in [0.2, 0.25) is 5.79 Å². The highest BCUT2D eigenvalue weighted by Gasteiger charge is 2.77. The molecule has 5 rings (SSSR count). The van der Waals surface area contributed by atoms with Crippen LogP contribution < -0.4 is 0 Å². The third kappa shape index (κ3) is 2.52. The standard InChI is InChI=1S/C19H25F3O5/c1-5-10-23-18(19(20,21)22)12(3)14-7-6-11(2)13-8-9-16(4)24-15(25-18)17(13,14)27-26-16/h1,11-15H,6-10H2,2-4H3/t11-,12-,13+,14+,15+,16?,17-,18-/m1/s1. The van der Waals surface area contributed by atoms with Crippen molar-refractivity contribution in [3.05, 3.63) is 0 Å². The lowest BCUT2D eigenvalue weighted by atomic mass is 9.57. The molecule has 0 aromatic heterocycles. The second-order valence-corrected chi connectivity index (χ2v) is 8.47. The summed E-state index contributed by atoms with van der Waals surface area (Å²) in [7, 11) is 0. The summed E-state index contributed by atoms with van der Waals surface area (Å²) < 4.78 is 59.4. The van der Waals surface area contributed by atoms with Crippen LogP contribution in [-0.4, -0.2) is 36.2 Å². The Kier molecular flexibility index (Phi) is 4.38. The molecule has 1 unspecified atom stereocenters. The highest BCUT2D eigenvalue weighted by Crippen LogP contribution is 2.64. The molecule has 1 spiro atoms. The molecule has 5 fully saturated rings. The van der Waals surface area contributed by atoms with E-state index in [1.165, 1.54) is 6.92 Å². The van der Waals surface area contributed by atoms with Crippen molar-refractivity contribution in [2.24, 2.45) is 23.7 Å².